The van der Waals surface area contributed by atoms with Crippen LogP contribution < -0.4 is 17.2 Å². The number of nitrogens with two attached hydrogens (primary N) is 3. The molecule has 5 aliphatic heterocycles. The Labute approximate surface area is 606 Å². The van der Waals surface area contributed by atoms with E-state index in [-0.39, 0.29) is 61.5 Å². The highest BCUT2D eigenvalue weighted by Gasteiger charge is 2.57. The summed E-state index contributed by atoms with van der Waals surface area (Å²) in [6.45, 7) is 13.7. The van der Waals surface area contributed by atoms with E-state index in [0.717, 1.165) is 83.5 Å². The highest BCUT2D eigenvalue weighted by molar-refractivity contribution is 5.88. The Bertz CT molecular complexity index is 5260. The molecule has 25 heteroatoms. The summed E-state index contributed by atoms with van der Waals surface area (Å²) in [6, 6.07) is 32.0. The molecule has 5 fully saturated rings. The molecule has 12 atom stereocenters. The lowest BCUT2D eigenvalue weighted by molar-refractivity contribution is -0.196. The van der Waals surface area contributed by atoms with Crippen molar-refractivity contribution in [3.63, 3.8) is 0 Å². The lowest BCUT2D eigenvalue weighted by Gasteiger charge is -2.25. The van der Waals surface area contributed by atoms with E-state index in [1.165, 1.54) is 112 Å². The zero-order chi connectivity index (χ0) is 70.6. The van der Waals surface area contributed by atoms with Crippen LogP contribution in [0.2, 0.25) is 0 Å². The first kappa shape index (κ1) is 69.2. The highest BCUT2D eigenvalue weighted by Crippen LogP contribution is 2.47. The molecule has 538 valence electrons. The molecule has 24 nitrogen and oxygen atoms in total. The van der Waals surface area contributed by atoms with Crippen LogP contribution in [0, 0.1) is 6.92 Å². The van der Waals surface area contributed by atoms with Crippen molar-refractivity contribution in [3.05, 3.63) is 192 Å². The van der Waals surface area contributed by atoms with Crippen LogP contribution in [0.15, 0.2) is 141 Å². The topological polar surface area (TPSA) is 314 Å². The molecule has 3 aromatic carbocycles. The number of ether oxygens (including phenoxy) is 7. The Hall–Kier alpha value is -9.18. The molecule has 0 bridgehead atoms. The third-order valence-electron chi connectivity index (χ3n) is 21.5. The van der Waals surface area contributed by atoms with Gasteiger partial charge in [-0.25, -0.2) is 29.9 Å². The van der Waals surface area contributed by atoms with Crippen LogP contribution in [0.3, 0.4) is 0 Å². The number of hydrogen-bond acceptors (Lipinski definition) is 21. The largest absolute Gasteiger partial charge is 0.388 e. The van der Waals surface area contributed by atoms with Crippen molar-refractivity contribution in [1.29, 1.82) is 0 Å². The normalized spacial score (nSPS) is 25.8. The van der Waals surface area contributed by atoms with E-state index in [4.69, 9.17) is 65.3 Å². The van der Waals surface area contributed by atoms with Gasteiger partial charge in [0, 0.05) is 51.8 Å². The molecule has 5 saturated heterocycles. The molecule has 0 saturated carbocycles. The second kappa shape index (κ2) is 27.7. The van der Waals surface area contributed by atoms with E-state index in [0.29, 0.717) is 40.6 Å². The van der Waals surface area contributed by atoms with Gasteiger partial charge in [0.2, 0.25) is 0 Å². The number of aliphatic hydroxyl groups excluding tert-OH is 2. The molecule has 20 rings (SSSR count). The first-order valence-electron chi connectivity index (χ1n) is 36.0. The number of aromatic nitrogens is 12. The van der Waals surface area contributed by atoms with Gasteiger partial charge in [-0.2, -0.15) is 0 Å². The van der Waals surface area contributed by atoms with Crippen molar-refractivity contribution in [3.8, 4) is 0 Å². The molecule has 0 radical (unpaired) electrons. The van der Waals surface area contributed by atoms with Crippen molar-refractivity contribution >= 4 is 95.7 Å². The van der Waals surface area contributed by atoms with Crippen LogP contribution in [0.1, 0.15) is 129 Å². The van der Waals surface area contributed by atoms with E-state index in [1.54, 1.807) is 22.9 Å². The van der Waals surface area contributed by atoms with Gasteiger partial charge in [-0.3, -0.25) is 15.0 Å². The fourth-order valence-corrected chi connectivity index (χ4v) is 16.4. The molecular formula is C79H86ClN15O9. The van der Waals surface area contributed by atoms with E-state index in [2.05, 4.69) is 116 Å². The van der Waals surface area contributed by atoms with Crippen LogP contribution >= 0.6 is 12.4 Å². The van der Waals surface area contributed by atoms with Crippen molar-refractivity contribution < 1.29 is 43.4 Å². The molecule has 12 aromatic rings. The molecule has 0 spiro atoms. The minimum Gasteiger partial charge on any atom is -0.388 e. The lowest BCUT2D eigenvalue weighted by atomic mass is 10.0. The van der Waals surface area contributed by atoms with Gasteiger partial charge in [0.25, 0.3) is 0 Å². The second-order valence-electron chi connectivity index (χ2n) is 29.3. The van der Waals surface area contributed by atoms with Gasteiger partial charge in [0.1, 0.15) is 96.1 Å². The zero-order valence-corrected chi connectivity index (χ0v) is 59.6. The van der Waals surface area contributed by atoms with E-state index >= 15 is 0 Å². The van der Waals surface area contributed by atoms with Crippen molar-refractivity contribution in [1.82, 2.24) is 58.6 Å². The zero-order valence-electron chi connectivity index (χ0n) is 58.8. The summed E-state index contributed by atoms with van der Waals surface area (Å²) in [5, 5.41) is 27.3. The number of hydrogen-bond donors (Lipinski definition) is 5. The summed E-state index contributed by atoms with van der Waals surface area (Å²) in [4.78, 5) is 39.7. The number of pyridine rings is 3. The average Bonchev–Trinajstić information content (AvgIpc) is 1.59. The molecule has 3 aliphatic carbocycles. The van der Waals surface area contributed by atoms with Crippen LogP contribution in [-0.4, -0.2) is 135 Å². The highest BCUT2D eigenvalue weighted by atomic mass is 35.5. The standard InChI is InChI=1S/C27H29N5O3.C24H25N5O3.C15H18N4O3.C13H13N.ClH/c1-27(2)34-22-21(9-7-15-6-8-17-13-16-4-3-5-19(16)31-20(17)12-15)33-26(23(22)35-27)32-11-10-18-24(28)29-14-30-25(18)32;25-22-16-8-9-29(23(16)27-12-26-22)24-21(31)20(30)19(32-24)7-5-13-4-6-15-11-14-2-1-3-17(14)28-18(15)10-13;1-4-9-10-11(22-15(2,3)21-10)14(20-9)19-6-5-8-12(16)17-7-18-13(8)19;1-9-5-6-11-8-10-3-2-4-12(10)14-13(11)7-9;/h6,8,10-14,21-23,26H,3-5,7,9H2,1-2H3,(H2,28,29,30);4,6,8-12,19-21,24,30-31H,1-3,5,7H2,(H2,25,26,27);4-7,9-11,14H,1H2,2-3H3,(H2,16,17,18);5-8H,2-4H2,1H3;1H/t21-,22-,23-,26-;19-,20-,21-,24-;9-,10-,11-,14-;;/m111../s1. The van der Waals surface area contributed by atoms with Crippen molar-refractivity contribution in [2.24, 2.45) is 0 Å². The van der Waals surface area contributed by atoms with Gasteiger partial charge < -0.3 is 74.3 Å². The fourth-order valence-electron chi connectivity index (χ4n) is 16.4. The van der Waals surface area contributed by atoms with Gasteiger partial charge in [-0.05, 0) is 206 Å². The molecule has 0 unspecified atom stereocenters. The second-order valence-corrected chi connectivity index (χ2v) is 29.3. The number of fused-ring (bicyclic) bond motifs is 11. The van der Waals surface area contributed by atoms with E-state index in [9.17, 15) is 10.2 Å². The van der Waals surface area contributed by atoms with Crippen molar-refractivity contribution in [2.45, 2.75) is 203 Å². The van der Waals surface area contributed by atoms with Gasteiger partial charge >= 0.3 is 0 Å². The molecule has 8 N–H and O–H groups in total. The number of rotatable bonds is 10. The molecule has 8 aliphatic rings. The Morgan fingerprint density at radius 2 is 0.875 bits per heavy atom. The van der Waals surface area contributed by atoms with E-state index < -0.39 is 36.1 Å². The Kier molecular flexibility index (Phi) is 18.4. The number of nitrogens with zero attached hydrogens (tertiary/aromatic N) is 12. The minimum absolute atomic E-state index is 0. The minimum atomic E-state index is -1.06. The molecule has 104 heavy (non-hydrogen) atoms. The number of benzene rings is 3. The molecular weight excluding hydrogens is 1340 g/mol. The average molecular weight is 1430 g/mol. The Balaban J connectivity index is 0.000000111. The van der Waals surface area contributed by atoms with Gasteiger partial charge in [-0.15, -0.1) is 19.0 Å². The Morgan fingerprint density at radius 3 is 1.36 bits per heavy atom. The monoisotopic (exact) mass is 1420 g/mol. The maximum atomic E-state index is 10.7. The first-order valence-corrected chi connectivity index (χ1v) is 36.0. The SMILES string of the molecule is C=C[C@H]1O[C@@H](n2ccc3c(N)ncnc32)[C@@H]2OC(C)(C)O[C@@H]21.CC1(C)O[C@@H]2[C@H](O1)[C@@H](CCc1ccc3cc4c(nc3c1)CCC4)O[C@H]2n1ccc2c(N)ncnc21.Cc1ccc2cc3c(nc2c1)CCC3.Cl.Nc1ncnc2c1ccn2[C@@H]1O[C@H](CCc2ccc3cc4c(nc3c2)CCC4)[C@@H](O)[C@H]1O. The lowest BCUT2D eigenvalue weighted by Crippen LogP contribution is -2.31. The molecule has 0 amide bonds. The number of halogens is 1. The number of aryl methyl sites for hydroxylation is 9. The van der Waals surface area contributed by atoms with Crippen LogP contribution in [0.4, 0.5) is 17.5 Å². The number of nitrogen functional groups attached to an aromatic ring is 3. The summed E-state index contributed by atoms with van der Waals surface area (Å²) in [5.74, 6) is -0.0363. The number of aliphatic hydroxyl groups is 2. The Morgan fingerprint density at radius 1 is 0.471 bits per heavy atom. The fraction of sp³-hybridized carbons (Fsp3) is 0.405. The van der Waals surface area contributed by atoms with Crippen LogP contribution in [0.25, 0.3) is 65.8 Å². The summed E-state index contributed by atoms with van der Waals surface area (Å²) in [7, 11) is 0. The smallest absolute Gasteiger partial charge is 0.165 e. The van der Waals surface area contributed by atoms with Gasteiger partial charge in [-0.1, -0.05) is 42.5 Å². The third kappa shape index (κ3) is 13.1. The maximum Gasteiger partial charge on any atom is 0.165 e. The summed E-state index contributed by atoms with van der Waals surface area (Å²) >= 11 is 0. The van der Waals surface area contributed by atoms with Crippen molar-refractivity contribution in [2.75, 3.05) is 17.2 Å². The molecule has 9 aromatic heterocycles. The quantitative estimate of drug-likeness (QED) is 0.0794. The van der Waals surface area contributed by atoms with Crippen LogP contribution in [-0.2, 0) is 84.5 Å². The van der Waals surface area contributed by atoms with Gasteiger partial charge in [0.15, 0.2) is 30.3 Å². The van der Waals surface area contributed by atoms with Gasteiger partial charge in [0.05, 0.1) is 44.9 Å². The predicted molar refractivity (Wildman–Crippen MR) is 397 cm³/mol. The van der Waals surface area contributed by atoms with E-state index in [1.807, 2.05) is 61.4 Å². The molecule has 14 heterocycles. The maximum absolute atomic E-state index is 10.7. The summed E-state index contributed by atoms with van der Waals surface area (Å²) < 4.78 is 49.0. The third-order valence-corrected chi connectivity index (χ3v) is 21.5. The first-order chi connectivity index (χ1) is 49.9. The predicted octanol–water partition coefficient (Wildman–Crippen LogP) is 11.5. The summed E-state index contributed by atoms with van der Waals surface area (Å²) in [5.41, 5.74) is 34.9. The summed E-state index contributed by atoms with van der Waals surface area (Å²) in [6.07, 6.45) is 20.0. The number of anilines is 3. The van der Waals surface area contributed by atoms with Crippen LogP contribution in [0.5, 0.6) is 0 Å².